The Balaban J connectivity index is 2.52. The second-order valence-corrected chi connectivity index (χ2v) is 4.64. The largest absolute Gasteiger partial charge is 0.497 e. The summed E-state index contributed by atoms with van der Waals surface area (Å²) in [5.74, 6) is 1.24. The van der Waals surface area contributed by atoms with Crippen molar-refractivity contribution in [2.75, 3.05) is 27.2 Å². The maximum absolute atomic E-state index is 12.0. The summed E-state index contributed by atoms with van der Waals surface area (Å²) in [5, 5.41) is 0. The van der Waals surface area contributed by atoms with Gasteiger partial charge in [-0.05, 0) is 30.2 Å². The van der Waals surface area contributed by atoms with Gasteiger partial charge in [0.05, 0.1) is 13.5 Å². The van der Waals surface area contributed by atoms with Gasteiger partial charge in [-0.1, -0.05) is 19.1 Å². The van der Waals surface area contributed by atoms with E-state index in [2.05, 4.69) is 0 Å². The van der Waals surface area contributed by atoms with Crippen LogP contribution in [-0.2, 0) is 11.2 Å². The molecule has 4 nitrogen and oxygen atoms in total. The number of methoxy groups -OCH3 is 1. The number of hydrogen-bond acceptors (Lipinski definition) is 3. The van der Waals surface area contributed by atoms with Crippen LogP contribution in [-0.4, -0.2) is 38.1 Å². The van der Waals surface area contributed by atoms with Gasteiger partial charge in [0.1, 0.15) is 5.75 Å². The van der Waals surface area contributed by atoms with E-state index in [1.54, 1.807) is 12.0 Å². The maximum atomic E-state index is 12.0. The quantitative estimate of drug-likeness (QED) is 0.827. The molecule has 0 aliphatic heterocycles. The standard InChI is InChI=1S/C14H22N2O2/c1-11(9-15)10-16(2)14(17)8-12-4-6-13(18-3)7-5-12/h4-7,11H,8-10,15H2,1-3H3. The summed E-state index contributed by atoms with van der Waals surface area (Å²) in [5.41, 5.74) is 6.55. The van der Waals surface area contributed by atoms with Crippen LogP contribution >= 0.6 is 0 Å². The molecule has 18 heavy (non-hydrogen) atoms. The average molecular weight is 250 g/mol. The molecule has 0 saturated heterocycles. The molecule has 1 aromatic rings. The number of likely N-dealkylation sites (N-methyl/N-ethyl adjacent to an activating group) is 1. The van der Waals surface area contributed by atoms with Crippen molar-refractivity contribution in [3.63, 3.8) is 0 Å². The lowest BCUT2D eigenvalue weighted by Gasteiger charge is -2.20. The fraction of sp³-hybridized carbons (Fsp3) is 0.500. The zero-order chi connectivity index (χ0) is 13.5. The van der Waals surface area contributed by atoms with E-state index in [9.17, 15) is 4.79 Å². The summed E-state index contributed by atoms with van der Waals surface area (Å²) in [6.45, 7) is 3.34. The Morgan fingerprint density at radius 2 is 2.00 bits per heavy atom. The molecule has 0 aliphatic carbocycles. The second kappa shape index (κ2) is 7.01. The zero-order valence-corrected chi connectivity index (χ0v) is 11.3. The fourth-order valence-electron chi connectivity index (χ4n) is 1.70. The second-order valence-electron chi connectivity index (χ2n) is 4.64. The first-order chi connectivity index (χ1) is 8.56. The van der Waals surface area contributed by atoms with Gasteiger partial charge in [0, 0.05) is 13.6 Å². The van der Waals surface area contributed by atoms with E-state index in [-0.39, 0.29) is 5.91 Å². The number of hydrogen-bond donors (Lipinski definition) is 1. The number of nitrogens with two attached hydrogens (primary N) is 1. The molecule has 1 rings (SSSR count). The van der Waals surface area contributed by atoms with Crippen molar-refractivity contribution >= 4 is 5.91 Å². The van der Waals surface area contributed by atoms with Crippen LogP contribution < -0.4 is 10.5 Å². The van der Waals surface area contributed by atoms with Gasteiger partial charge in [-0.25, -0.2) is 0 Å². The first-order valence-corrected chi connectivity index (χ1v) is 6.13. The number of carbonyl (C=O) groups is 1. The Labute approximate surface area is 109 Å². The van der Waals surface area contributed by atoms with Crippen molar-refractivity contribution in [3.8, 4) is 5.75 Å². The van der Waals surface area contributed by atoms with E-state index in [0.717, 1.165) is 11.3 Å². The van der Waals surface area contributed by atoms with E-state index in [4.69, 9.17) is 10.5 Å². The van der Waals surface area contributed by atoms with E-state index in [0.29, 0.717) is 25.4 Å². The van der Waals surface area contributed by atoms with Crippen LogP contribution in [0.25, 0.3) is 0 Å². The van der Waals surface area contributed by atoms with E-state index < -0.39 is 0 Å². The van der Waals surface area contributed by atoms with Gasteiger partial charge in [-0.3, -0.25) is 4.79 Å². The van der Waals surface area contributed by atoms with Crippen LogP contribution in [0.2, 0.25) is 0 Å². The van der Waals surface area contributed by atoms with E-state index >= 15 is 0 Å². The molecule has 0 spiro atoms. The lowest BCUT2D eigenvalue weighted by atomic mass is 10.1. The molecule has 2 N–H and O–H groups in total. The van der Waals surface area contributed by atoms with Crippen LogP contribution in [0, 0.1) is 5.92 Å². The predicted molar refractivity (Wildman–Crippen MR) is 72.6 cm³/mol. The van der Waals surface area contributed by atoms with Gasteiger partial charge >= 0.3 is 0 Å². The number of carbonyl (C=O) groups excluding carboxylic acids is 1. The van der Waals surface area contributed by atoms with Crippen LogP contribution in [0.1, 0.15) is 12.5 Å². The van der Waals surface area contributed by atoms with Crippen molar-refractivity contribution in [1.29, 1.82) is 0 Å². The molecule has 0 heterocycles. The van der Waals surface area contributed by atoms with Crippen LogP contribution in [0.3, 0.4) is 0 Å². The first kappa shape index (κ1) is 14.5. The first-order valence-electron chi connectivity index (χ1n) is 6.13. The summed E-state index contributed by atoms with van der Waals surface area (Å²) >= 11 is 0. The van der Waals surface area contributed by atoms with Crippen molar-refractivity contribution in [2.24, 2.45) is 11.7 Å². The number of nitrogens with zero attached hydrogens (tertiary/aromatic N) is 1. The van der Waals surface area contributed by atoms with Gasteiger partial charge in [0.15, 0.2) is 0 Å². The molecule has 0 aromatic heterocycles. The maximum Gasteiger partial charge on any atom is 0.226 e. The summed E-state index contributed by atoms with van der Waals surface area (Å²) < 4.78 is 5.08. The molecule has 0 saturated carbocycles. The molecule has 100 valence electrons. The molecule has 1 unspecified atom stereocenters. The van der Waals surface area contributed by atoms with Crippen molar-refractivity contribution < 1.29 is 9.53 Å². The van der Waals surface area contributed by atoms with Gasteiger partial charge in [0.25, 0.3) is 0 Å². The van der Waals surface area contributed by atoms with Crippen molar-refractivity contribution in [3.05, 3.63) is 29.8 Å². The Morgan fingerprint density at radius 3 is 2.50 bits per heavy atom. The average Bonchev–Trinajstić information content (AvgIpc) is 2.39. The van der Waals surface area contributed by atoms with Crippen molar-refractivity contribution in [1.82, 2.24) is 4.90 Å². The summed E-state index contributed by atoms with van der Waals surface area (Å²) in [6, 6.07) is 7.56. The molecular weight excluding hydrogens is 228 g/mol. The molecule has 1 amide bonds. The Bertz CT molecular complexity index is 376. The molecule has 0 bridgehead atoms. The van der Waals surface area contributed by atoms with Crippen LogP contribution in [0.5, 0.6) is 5.75 Å². The van der Waals surface area contributed by atoms with Crippen molar-refractivity contribution in [2.45, 2.75) is 13.3 Å². The highest BCUT2D eigenvalue weighted by Crippen LogP contribution is 2.12. The highest BCUT2D eigenvalue weighted by atomic mass is 16.5. The molecule has 0 fully saturated rings. The minimum absolute atomic E-state index is 0.112. The molecule has 1 aromatic carbocycles. The third-order valence-electron chi connectivity index (χ3n) is 2.93. The monoisotopic (exact) mass is 250 g/mol. The van der Waals surface area contributed by atoms with Gasteiger partial charge in [-0.15, -0.1) is 0 Å². The van der Waals surface area contributed by atoms with E-state index in [1.807, 2.05) is 38.2 Å². The Morgan fingerprint density at radius 1 is 1.39 bits per heavy atom. The molecule has 0 aliphatic rings. The van der Waals surface area contributed by atoms with Gasteiger partial charge < -0.3 is 15.4 Å². The smallest absolute Gasteiger partial charge is 0.226 e. The van der Waals surface area contributed by atoms with Crippen LogP contribution in [0.15, 0.2) is 24.3 Å². The number of rotatable bonds is 6. The highest BCUT2D eigenvalue weighted by Gasteiger charge is 2.12. The van der Waals surface area contributed by atoms with E-state index in [1.165, 1.54) is 0 Å². The third-order valence-corrected chi connectivity index (χ3v) is 2.93. The number of amides is 1. The number of benzene rings is 1. The minimum atomic E-state index is 0.112. The topological polar surface area (TPSA) is 55.6 Å². The molecule has 0 radical (unpaired) electrons. The molecule has 1 atom stereocenters. The number of ether oxygens (including phenoxy) is 1. The summed E-state index contributed by atoms with van der Waals surface area (Å²) in [4.78, 5) is 13.7. The SMILES string of the molecule is COc1ccc(CC(=O)N(C)CC(C)CN)cc1. The minimum Gasteiger partial charge on any atom is -0.497 e. The fourth-order valence-corrected chi connectivity index (χ4v) is 1.70. The predicted octanol–water partition coefficient (Wildman–Crippen LogP) is 1.29. The van der Waals surface area contributed by atoms with Crippen LogP contribution in [0.4, 0.5) is 0 Å². The normalized spacial score (nSPS) is 12.0. The Kier molecular flexibility index (Phi) is 5.65. The zero-order valence-electron chi connectivity index (χ0n) is 11.3. The lowest BCUT2D eigenvalue weighted by molar-refractivity contribution is -0.129. The third kappa shape index (κ3) is 4.37. The molecular formula is C14H22N2O2. The Hall–Kier alpha value is -1.55. The summed E-state index contributed by atoms with van der Waals surface area (Å²) in [6.07, 6.45) is 0.414. The lowest BCUT2D eigenvalue weighted by Crippen LogP contribution is -2.34. The molecule has 4 heteroatoms. The van der Waals surface area contributed by atoms with Gasteiger partial charge in [-0.2, -0.15) is 0 Å². The summed E-state index contributed by atoms with van der Waals surface area (Å²) in [7, 11) is 3.44. The highest BCUT2D eigenvalue weighted by molar-refractivity contribution is 5.78. The van der Waals surface area contributed by atoms with Gasteiger partial charge in [0.2, 0.25) is 5.91 Å².